The maximum atomic E-state index is 12.7. The lowest BCUT2D eigenvalue weighted by atomic mass is 10.2. The van der Waals surface area contributed by atoms with Crippen LogP contribution in [0.25, 0.3) is 10.2 Å². The number of hydrogen-bond acceptors (Lipinski definition) is 7. The Morgan fingerprint density at radius 1 is 1.12 bits per heavy atom. The van der Waals surface area contributed by atoms with Gasteiger partial charge in [0.1, 0.15) is 12.6 Å². The first-order chi connectivity index (χ1) is 16.0. The van der Waals surface area contributed by atoms with Crippen LogP contribution in [0, 0.1) is 6.92 Å². The number of benzene rings is 1. The molecule has 3 aromatic rings. The molecular weight excluding hydrogens is 442 g/mol. The van der Waals surface area contributed by atoms with E-state index in [-0.39, 0.29) is 25.7 Å². The van der Waals surface area contributed by atoms with Gasteiger partial charge < -0.3 is 20.1 Å². The molecule has 0 fully saturated rings. The van der Waals surface area contributed by atoms with E-state index in [0.717, 1.165) is 27.8 Å². The molecule has 2 N–H and O–H groups in total. The van der Waals surface area contributed by atoms with E-state index >= 15 is 0 Å². The molecule has 1 aromatic carbocycles. The number of thiophene rings is 1. The second kappa shape index (κ2) is 12.0. The second-order valence-corrected chi connectivity index (χ2v) is 8.49. The van der Waals surface area contributed by atoms with Crippen LogP contribution in [0.5, 0.6) is 0 Å². The summed E-state index contributed by atoms with van der Waals surface area (Å²) in [5.41, 5.74) is 2.59. The van der Waals surface area contributed by atoms with Gasteiger partial charge >= 0.3 is 12.1 Å². The lowest BCUT2D eigenvalue weighted by Gasteiger charge is -2.18. The minimum Gasteiger partial charge on any atom is -0.464 e. The average Bonchev–Trinajstić information content (AvgIpc) is 3.27. The van der Waals surface area contributed by atoms with Crippen LogP contribution in [0.1, 0.15) is 40.6 Å². The summed E-state index contributed by atoms with van der Waals surface area (Å²) in [4.78, 5) is 42.2. The molecule has 2 heterocycles. The highest BCUT2D eigenvalue weighted by Crippen LogP contribution is 2.26. The number of nitrogens with one attached hydrogen (secondary N) is 2. The van der Waals surface area contributed by atoms with Crippen LogP contribution < -0.4 is 10.6 Å². The van der Waals surface area contributed by atoms with E-state index in [4.69, 9.17) is 9.47 Å². The number of pyridine rings is 1. The van der Waals surface area contributed by atoms with Gasteiger partial charge in [0.25, 0.3) is 5.91 Å². The van der Waals surface area contributed by atoms with Crippen molar-refractivity contribution in [2.45, 2.75) is 39.3 Å². The Morgan fingerprint density at radius 2 is 1.91 bits per heavy atom. The zero-order valence-corrected chi connectivity index (χ0v) is 19.4. The summed E-state index contributed by atoms with van der Waals surface area (Å²) in [7, 11) is 0. The van der Waals surface area contributed by atoms with Crippen molar-refractivity contribution in [1.82, 2.24) is 15.6 Å². The predicted molar refractivity (Wildman–Crippen MR) is 126 cm³/mol. The lowest BCUT2D eigenvalue weighted by Crippen LogP contribution is -2.49. The van der Waals surface area contributed by atoms with E-state index in [1.54, 1.807) is 12.3 Å². The topological polar surface area (TPSA) is 107 Å². The van der Waals surface area contributed by atoms with Crippen LogP contribution in [-0.4, -0.2) is 42.1 Å². The molecule has 0 saturated heterocycles. The molecule has 0 radical (unpaired) electrons. The molecule has 174 valence electrons. The number of amides is 2. The molecule has 2 amide bonds. The quantitative estimate of drug-likeness (QED) is 0.344. The number of ether oxygens (including phenoxy) is 2. The minimum absolute atomic E-state index is 0.0603. The molecule has 0 spiro atoms. The molecule has 8 nitrogen and oxygen atoms in total. The van der Waals surface area contributed by atoms with Crippen LogP contribution in [0.15, 0.2) is 48.7 Å². The number of unbranched alkanes of at least 4 members (excludes halogenated alkanes) is 1. The monoisotopic (exact) mass is 469 g/mol. The van der Waals surface area contributed by atoms with Crippen LogP contribution in [-0.2, 0) is 20.9 Å². The standard InChI is InChI=1S/C24H27N3O5S/c1-3-4-12-31-23(29)19(27-24(30)32-15-17-8-6-5-7-9-17)14-26-22(28)20-13-18-21(33-20)16(2)10-11-25-18/h5-11,13,19H,3-4,12,14-15H2,1-2H3,(H,26,28)(H,27,30)/t19-/m1/s1. The number of carbonyl (C=O) groups is 3. The highest BCUT2D eigenvalue weighted by atomic mass is 32.1. The number of aromatic nitrogens is 1. The fourth-order valence-corrected chi connectivity index (χ4v) is 3.98. The number of rotatable bonds is 10. The second-order valence-electron chi connectivity index (χ2n) is 7.44. The van der Waals surface area contributed by atoms with Crippen LogP contribution in [0.3, 0.4) is 0 Å². The van der Waals surface area contributed by atoms with Crippen molar-refractivity contribution in [3.05, 3.63) is 64.7 Å². The minimum atomic E-state index is -1.08. The first-order valence-electron chi connectivity index (χ1n) is 10.7. The number of aryl methyl sites for hydroxylation is 1. The van der Waals surface area contributed by atoms with Gasteiger partial charge in [0.2, 0.25) is 0 Å². The highest BCUT2D eigenvalue weighted by Gasteiger charge is 2.24. The van der Waals surface area contributed by atoms with Gasteiger partial charge in [-0.25, -0.2) is 9.59 Å². The molecule has 0 aliphatic heterocycles. The van der Waals surface area contributed by atoms with Gasteiger partial charge in [-0.15, -0.1) is 11.3 Å². The average molecular weight is 470 g/mol. The summed E-state index contributed by atoms with van der Waals surface area (Å²) in [6, 6.07) is 11.7. The smallest absolute Gasteiger partial charge is 0.408 e. The lowest BCUT2D eigenvalue weighted by molar-refractivity contribution is -0.146. The number of esters is 1. The number of alkyl carbamates (subject to hydrolysis) is 1. The molecule has 0 aliphatic rings. The van der Waals surface area contributed by atoms with E-state index in [9.17, 15) is 14.4 Å². The van der Waals surface area contributed by atoms with Crippen molar-refractivity contribution < 1.29 is 23.9 Å². The Labute approximate surface area is 196 Å². The van der Waals surface area contributed by atoms with Gasteiger partial charge in [-0.2, -0.15) is 0 Å². The fraction of sp³-hybridized carbons (Fsp3) is 0.333. The van der Waals surface area contributed by atoms with E-state index in [1.807, 2.05) is 50.2 Å². The first kappa shape index (κ1) is 24.2. The summed E-state index contributed by atoms with van der Waals surface area (Å²) in [6.45, 7) is 4.10. The molecule has 33 heavy (non-hydrogen) atoms. The van der Waals surface area contributed by atoms with Crippen LogP contribution in [0.4, 0.5) is 4.79 Å². The van der Waals surface area contributed by atoms with E-state index in [2.05, 4.69) is 15.6 Å². The van der Waals surface area contributed by atoms with Crippen molar-refractivity contribution in [2.24, 2.45) is 0 Å². The number of fused-ring (bicyclic) bond motifs is 1. The van der Waals surface area contributed by atoms with Gasteiger partial charge in [-0.05, 0) is 36.6 Å². The summed E-state index contributed by atoms with van der Waals surface area (Å²) < 4.78 is 11.4. The molecule has 3 rings (SSSR count). The van der Waals surface area contributed by atoms with Crippen molar-refractivity contribution in [3.8, 4) is 0 Å². The zero-order chi connectivity index (χ0) is 23.6. The van der Waals surface area contributed by atoms with Crippen molar-refractivity contribution in [2.75, 3.05) is 13.2 Å². The van der Waals surface area contributed by atoms with Gasteiger partial charge in [0, 0.05) is 12.7 Å². The molecular formula is C24H27N3O5S. The Bertz CT molecular complexity index is 1100. The van der Waals surface area contributed by atoms with Gasteiger partial charge in [-0.3, -0.25) is 9.78 Å². The summed E-state index contributed by atoms with van der Waals surface area (Å²) in [6.07, 6.45) is 2.49. The van der Waals surface area contributed by atoms with Crippen molar-refractivity contribution >= 4 is 39.5 Å². The Balaban J connectivity index is 1.61. The SMILES string of the molecule is CCCCOC(=O)[C@@H](CNC(=O)c1cc2nccc(C)c2s1)NC(=O)OCc1ccccc1. The number of nitrogens with zero attached hydrogens (tertiary/aromatic N) is 1. The van der Waals surface area contributed by atoms with E-state index in [0.29, 0.717) is 11.3 Å². The Kier molecular flexibility index (Phi) is 8.77. The first-order valence-corrected chi connectivity index (χ1v) is 11.6. The molecule has 0 saturated carbocycles. The Morgan fingerprint density at radius 3 is 2.64 bits per heavy atom. The third-order valence-electron chi connectivity index (χ3n) is 4.83. The number of hydrogen-bond donors (Lipinski definition) is 2. The van der Waals surface area contributed by atoms with Crippen LogP contribution in [0.2, 0.25) is 0 Å². The molecule has 9 heteroatoms. The van der Waals surface area contributed by atoms with Crippen LogP contribution >= 0.6 is 11.3 Å². The molecule has 2 aromatic heterocycles. The largest absolute Gasteiger partial charge is 0.464 e. The predicted octanol–water partition coefficient (Wildman–Crippen LogP) is 3.97. The summed E-state index contributed by atoms with van der Waals surface area (Å²) in [5.74, 6) is -0.988. The molecule has 0 aliphatic carbocycles. The highest BCUT2D eigenvalue weighted by molar-refractivity contribution is 7.21. The van der Waals surface area contributed by atoms with Gasteiger partial charge in [0.05, 0.1) is 21.7 Å². The van der Waals surface area contributed by atoms with Gasteiger partial charge in [-0.1, -0.05) is 43.7 Å². The summed E-state index contributed by atoms with van der Waals surface area (Å²) >= 11 is 1.33. The maximum Gasteiger partial charge on any atom is 0.408 e. The zero-order valence-electron chi connectivity index (χ0n) is 18.6. The molecule has 0 unspecified atom stereocenters. The van der Waals surface area contributed by atoms with Gasteiger partial charge in [0.15, 0.2) is 0 Å². The summed E-state index contributed by atoms with van der Waals surface area (Å²) in [5, 5.41) is 5.20. The number of carbonyl (C=O) groups excluding carboxylic acids is 3. The van der Waals surface area contributed by atoms with E-state index < -0.39 is 18.1 Å². The molecule has 0 bridgehead atoms. The van der Waals surface area contributed by atoms with E-state index in [1.165, 1.54) is 11.3 Å². The van der Waals surface area contributed by atoms with Crippen molar-refractivity contribution in [1.29, 1.82) is 0 Å². The third kappa shape index (κ3) is 7.01. The maximum absolute atomic E-state index is 12.7. The third-order valence-corrected chi connectivity index (χ3v) is 6.09. The normalized spacial score (nSPS) is 11.6. The Hall–Kier alpha value is -3.46. The molecule has 1 atom stereocenters. The van der Waals surface area contributed by atoms with Crippen molar-refractivity contribution in [3.63, 3.8) is 0 Å². The fourth-order valence-electron chi connectivity index (χ4n) is 2.98.